The quantitative estimate of drug-likeness (QED) is 0.886. The van der Waals surface area contributed by atoms with Crippen LogP contribution < -0.4 is 0 Å². The standard InChI is InChI=1S/C10H15ClN2OS/c1-7(14)8-2-3-13(5-8)6-9-4-12-10(11)15-9/h4,7-8,14H,2-3,5-6H2,1H3. The van der Waals surface area contributed by atoms with Gasteiger partial charge in [0, 0.05) is 24.2 Å². The van der Waals surface area contributed by atoms with E-state index in [4.69, 9.17) is 11.6 Å². The molecule has 2 unspecified atom stereocenters. The molecule has 2 atom stereocenters. The number of aliphatic hydroxyl groups is 1. The lowest BCUT2D eigenvalue weighted by Gasteiger charge is -2.16. The topological polar surface area (TPSA) is 36.4 Å². The van der Waals surface area contributed by atoms with Crippen molar-refractivity contribution in [1.29, 1.82) is 0 Å². The van der Waals surface area contributed by atoms with Crippen molar-refractivity contribution >= 4 is 22.9 Å². The summed E-state index contributed by atoms with van der Waals surface area (Å²) in [5, 5.41) is 9.48. The molecular formula is C10H15ClN2OS. The van der Waals surface area contributed by atoms with Gasteiger partial charge in [-0.05, 0) is 25.8 Å². The van der Waals surface area contributed by atoms with Crippen LogP contribution in [0.1, 0.15) is 18.2 Å². The number of hydrogen-bond donors (Lipinski definition) is 1. The first-order valence-corrected chi connectivity index (χ1v) is 6.35. The number of thiazole rings is 1. The number of aromatic nitrogens is 1. The lowest BCUT2D eigenvalue weighted by Crippen LogP contribution is -2.23. The fraction of sp³-hybridized carbons (Fsp3) is 0.700. The molecule has 1 aliphatic heterocycles. The highest BCUT2D eigenvalue weighted by Crippen LogP contribution is 2.24. The van der Waals surface area contributed by atoms with E-state index in [9.17, 15) is 5.11 Å². The third-order valence-electron chi connectivity index (χ3n) is 2.90. The summed E-state index contributed by atoms with van der Waals surface area (Å²) < 4.78 is 0.608. The first-order chi connectivity index (χ1) is 7.15. The van der Waals surface area contributed by atoms with E-state index in [1.807, 2.05) is 13.1 Å². The third kappa shape index (κ3) is 2.91. The third-order valence-corrected chi connectivity index (χ3v) is 4.00. The highest BCUT2D eigenvalue weighted by molar-refractivity contribution is 7.15. The second-order valence-electron chi connectivity index (χ2n) is 4.10. The predicted octanol–water partition coefficient (Wildman–Crippen LogP) is 2.00. The Morgan fingerprint density at radius 3 is 3.13 bits per heavy atom. The highest BCUT2D eigenvalue weighted by atomic mass is 35.5. The fourth-order valence-electron chi connectivity index (χ4n) is 1.98. The Morgan fingerprint density at radius 2 is 2.60 bits per heavy atom. The van der Waals surface area contributed by atoms with Crippen LogP contribution >= 0.6 is 22.9 Å². The van der Waals surface area contributed by atoms with E-state index >= 15 is 0 Å². The van der Waals surface area contributed by atoms with E-state index in [1.54, 1.807) is 0 Å². The van der Waals surface area contributed by atoms with Gasteiger partial charge in [0.15, 0.2) is 4.47 Å². The first-order valence-electron chi connectivity index (χ1n) is 5.16. The Balaban J connectivity index is 1.87. The van der Waals surface area contributed by atoms with Crippen LogP contribution in [-0.4, -0.2) is 34.2 Å². The van der Waals surface area contributed by atoms with Crippen molar-refractivity contribution in [2.75, 3.05) is 13.1 Å². The van der Waals surface area contributed by atoms with E-state index in [1.165, 1.54) is 16.2 Å². The normalized spacial score (nSPS) is 24.6. The van der Waals surface area contributed by atoms with E-state index in [2.05, 4.69) is 9.88 Å². The van der Waals surface area contributed by atoms with Crippen molar-refractivity contribution < 1.29 is 5.11 Å². The summed E-state index contributed by atoms with van der Waals surface area (Å²) in [6, 6.07) is 0. The van der Waals surface area contributed by atoms with Crippen LogP contribution in [0.4, 0.5) is 0 Å². The molecule has 0 bridgehead atoms. The van der Waals surface area contributed by atoms with Crippen molar-refractivity contribution in [3.05, 3.63) is 15.5 Å². The number of aliphatic hydroxyl groups excluding tert-OH is 1. The Labute approximate surface area is 98.7 Å². The van der Waals surface area contributed by atoms with Gasteiger partial charge in [0.05, 0.1) is 6.10 Å². The smallest absolute Gasteiger partial charge is 0.183 e. The lowest BCUT2D eigenvalue weighted by atomic mass is 10.0. The largest absolute Gasteiger partial charge is 0.393 e. The molecule has 1 aromatic heterocycles. The van der Waals surface area contributed by atoms with Gasteiger partial charge in [-0.2, -0.15) is 0 Å². The van der Waals surface area contributed by atoms with Crippen molar-refractivity contribution in [3.8, 4) is 0 Å². The van der Waals surface area contributed by atoms with Crippen LogP contribution in [-0.2, 0) is 6.54 Å². The summed E-state index contributed by atoms with van der Waals surface area (Å²) in [5.41, 5.74) is 0. The molecule has 1 fully saturated rings. The fourth-order valence-corrected chi connectivity index (χ4v) is 3.00. The number of halogens is 1. The van der Waals surface area contributed by atoms with Gasteiger partial charge in [-0.1, -0.05) is 11.6 Å². The molecule has 0 spiro atoms. The molecule has 2 heterocycles. The van der Waals surface area contributed by atoms with Crippen molar-refractivity contribution in [1.82, 2.24) is 9.88 Å². The van der Waals surface area contributed by atoms with Gasteiger partial charge in [-0.3, -0.25) is 4.90 Å². The lowest BCUT2D eigenvalue weighted by molar-refractivity contribution is 0.127. The second kappa shape index (κ2) is 4.78. The van der Waals surface area contributed by atoms with Gasteiger partial charge in [0.2, 0.25) is 0 Å². The average molecular weight is 247 g/mol. The molecule has 15 heavy (non-hydrogen) atoms. The molecule has 1 aliphatic rings. The van der Waals surface area contributed by atoms with Gasteiger partial charge in [0.25, 0.3) is 0 Å². The molecule has 1 aromatic rings. The van der Waals surface area contributed by atoms with Gasteiger partial charge in [-0.15, -0.1) is 11.3 Å². The Morgan fingerprint density at radius 1 is 1.80 bits per heavy atom. The maximum atomic E-state index is 9.48. The van der Waals surface area contributed by atoms with Gasteiger partial charge >= 0.3 is 0 Å². The summed E-state index contributed by atoms with van der Waals surface area (Å²) in [5.74, 6) is 0.424. The Bertz CT molecular complexity index is 329. The molecule has 0 aliphatic carbocycles. The summed E-state index contributed by atoms with van der Waals surface area (Å²) in [7, 11) is 0. The molecule has 5 heteroatoms. The Hall–Kier alpha value is -0.160. The van der Waals surface area contributed by atoms with Gasteiger partial charge in [0.1, 0.15) is 0 Å². The zero-order valence-corrected chi connectivity index (χ0v) is 10.3. The summed E-state index contributed by atoms with van der Waals surface area (Å²) in [4.78, 5) is 7.57. The maximum Gasteiger partial charge on any atom is 0.183 e. The van der Waals surface area contributed by atoms with Crippen LogP contribution in [0.3, 0.4) is 0 Å². The zero-order valence-electron chi connectivity index (χ0n) is 8.69. The van der Waals surface area contributed by atoms with Crippen LogP contribution in [0.2, 0.25) is 4.47 Å². The van der Waals surface area contributed by atoms with Gasteiger partial charge < -0.3 is 5.11 Å². The van der Waals surface area contributed by atoms with Crippen molar-refractivity contribution in [2.45, 2.75) is 26.0 Å². The minimum atomic E-state index is -0.194. The molecule has 0 aromatic carbocycles. The van der Waals surface area contributed by atoms with Crippen LogP contribution in [0, 0.1) is 5.92 Å². The number of hydrogen-bond acceptors (Lipinski definition) is 4. The summed E-state index contributed by atoms with van der Waals surface area (Å²) >= 11 is 7.31. The summed E-state index contributed by atoms with van der Waals surface area (Å²) in [6.07, 6.45) is 2.73. The van der Waals surface area contributed by atoms with Crippen molar-refractivity contribution in [2.24, 2.45) is 5.92 Å². The summed E-state index contributed by atoms with van der Waals surface area (Å²) in [6.45, 7) is 4.82. The van der Waals surface area contributed by atoms with E-state index in [0.29, 0.717) is 10.4 Å². The number of nitrogens with zero attached hydrogens (tertiary/aromatic N) is 2. The van der Waals surface area contributed by atoms with Crippen LogP contribution in [0.15, 0.2) is 6.20 Å². The number of rotatable bonds is 3. The van der Waals surface area contributed by atoms with Crippen LogP contribution in [0.25, 0.3) is 0 Å². The molecule has 0 saturated carbocycles. The molecule has 0 amide bonds. The van der Waals surface area contributed by atoms with Gasteiger partial charge in [-0.25, -0.2) is 4.98 Å². The second-order valence-corrected chi connectivity index (χ2v) is 5.80. The minimum Gasteiger partial charge on any atom is -0.393 e. The SMILES string of the molecule is CC(O)C1CCN(Cc2cnc(Cl)s2)C1. The molecule has 84 valence electrons. The minimum absolute atomic E-state index is 0.194. The highest BCUT2D eigenvalue weighted by Gasteiger charge is 2.26. The first kappa shape index (κ1) is 11.3. The molecule has 1 saturated heterocycles. The molecule has 2 rings (SSSR count). The molecule has 1 N–H and O–H groups in total. The maximum absolute atomic E-state index is 9.48. The zero-order chi connectivity index (χ0) is 10.8. The number of likely N-dealkylation sites (tertiary alicyclic amines) is 1. The molecule has 0 radical (unpaired) electrons. The molecular weight excluding hydrogens is 232 g/mol. The van der Waals surface area contributed by atoms with E-state index < -0.39 is 0 Å². The van der Waals surface area contributed by atoms with Crippen LogP contribution in [0.5, 0.6) is 0 Å². The Kier molecular flexibility index (Phi) is 3.61. The van der Waals surface area contributed by atoms with E-state index in [-0.39, 0.29) is 6.10 Å². The van der Waals surface area contributed by atoms with E-state index in [0.717, 1.165) is 26.1 Å². The van der Waals surface area contributed by atoms with Crippen molar-refractivity contribution in [3.63, 3.8) is 0 Å². The average Bonchev–Trinajstić information content (AvgIpc) is 2.76. The molecule has 3 nitrogen and oxygen atoms in total. The predicted molar refractivity (Wildman–Crippen MR) is 62.2 cm³/mol. The monoisotopic (exact) mass is 246 g/mol.